The summed E-state index contributed by atoms with van der Waals surface area (Å²) in [6, 6.07) is 10.4. The second-order valence-corrected chi connectivity index (χ2v) is 6.22. The Balaban J connectivity index is 0.00000264. The Labute approximate surface area is 146 Å². The lowest BCUT2D eigenvalue weighted by atomic mass is 9.85. The molecule has 0 bridgehead atoms. The molecule has 0 heterocycles. The lowest BCUT2D eigenvalue weighted by Crippen LogP contribution is -2.41. The highest BCUT2D eigenvalue weighted by atomic mass is 35.5. The highest BCUT2D eigenvalue weighted by Gasteiger charge is 2.28. The topological polar surface area (TPSA) is 46.3 Å². The summed E-state index contributed by atoms with van der Waals surface area (Å²) >= 11 is 0. The molecule has 23 heavy (non-hydrogen) atoms. The summed E-state index contributed by atoms with van der Waals surface area (Å²) in [4.78, 5) is 14.7. The van der Waals surface area contributed by atoms with Gasteiger partial charge in [-0.15, -0.1) is 12.4 Å². The van der Waals surface area contributed by atoms with Crippen LogP contribution in [0, 0.1) is 5.92 Å². The first-order valence-corrected chi connectivity index (χ1v) is 8.46. The van der Waals surface area contributed by atoms with Crippen LogP contribution in [0.15, 0.2) is 36.4 Å². The third-order valence-corrected chi connectivity index (χ3v) is 4.30. The van der Waals surface area contributed by atoms with Gasteiger partial charge in [-0.05, 0) is 31.2 Å². The molecule has 2 N–H and O–H groups in total. The van der Waals surface area contributed by atoms with E-state index in [0.717, 1.165) is 38.6 Å². The zero-order chi connectivity index (χ0) is 15.8. The molecule has 1 amide bonds. The third kappa shape index (κ3) is 6.36. The number of nitrogens with zero attached hydrogens (tertiary/aromatic N) is 1. The lowest BCUT2D eigenvalue weighted by molar-refractivity contribution is -0.136. The Bertz CT molecular complexity index is 489. The fraction of sp³-hybridized carbons (Fsp3) is 0.526. The molecule has 0 aromatic heterocycles. The molecule has 0 unspecified atom stereocenters. The molecular weight excluding hydrogens is 308 g/mol. The number of amides is 1. The quantitative estimate of drug-likeness (QED) is 0.857. The van der Waals surface area contributed by atoms with Crippen LogP contribution in [0.3, 0.4) is 0 Å². The molecule has 0 radical (unpaired) electrons. The van der Waals surface area contributed by atoms with Crippen molar-refractivity contribution in [3.63, 3.8) is 0 Å². The number of nitrogens with two attached hydrogens (primary N) is 1. The molecule has 0 aliphatic heterocycles. The van der Waals surface area contributed by atoms with Crippen molar-refractivity contribution in [2.75, 3.05) is 13.1 Å². The van der Waals surface area contributed by atoms with E-state index in [2.05, 4.69) is 31.2 Å². The first kappa shape index (κ1) is 19.7. The number of halogens is 1. The van der Waals surface area contributed by atoms with Crippen molar-refractivity contribution in [1.82, 2.24) is 4.90 Å². The van der Waals surface area contributed by atoms with Gasteiger partial charge in [-0.25, -0.2) is 0 Å². The molecule has 0 saturated heterocycles. The minimum Gasteiger partial charge on any atom is -0.339 e. The molecule has 128 valence electrons. The summed E-state index contributed by atoms with van der Waals surface area (Å²) in [6.07, 6.45) is 9.15. The number of carbonyl (C=O) groups is 1. The van der Waals surface area contributed by atoms with E-state index < -0.39 is 0 Å². The second-order valence-electron chi connectivity index (χ2n) is 6.22. The fourth-order valence-electron chi connectivity index (χ4n) is 3.15. The van der Waals surface area contributed by atoms with Gasteiger partial charge in [0, 0.05) is 25.0 Å². The van der Waals surface area contributed by atoms with Gasteiger partial charge in [0.25, 0.3) is 0 Å². The summed E-state index contributed by atoms with van der Waals surface area (Å²) < 4.78 is 0. The van der Waals surface area contributed by atoms with E-state index in [1.165, 1.54) is 5.56 Å². The number of hydrogen-bond acceptors (Lipinski definition) is 2. The maximum Gasteiger partial charge on any atom is 0.226 e. The van der Waals surface area contributed by atoms with Crippen LogP contribution in [-0.4, -0.2) is 29.9 Å². The molecule has 1 fully saturated rings. The van der Waals surface area contributed by atoms with Gasteiger partial charge in [0.1, 0.15) is 0 Å². The summed E-state index contributed by atoms with van der Waals surface area (Å²) in [6.45, 7) is 3.63. The zero-order valence-electron chi connectivity index (χ0n) is 14.0. The normalized spacial score (nSPS) is 21.0. The standard InChI is InChI=1S/C19H28N2O.ClH/c1-2-13-21(14-7-10-16-8-4-3-5-9-16)19(22)17-11-6-12-18(20)15-17;/h3-5,7-10,17-18H,2,6,11-15,20H2,1H3;1H/t17-,18+;/m1./s1. The maximum absolute atomic E-state index is 12.7. The van der Waals surface area contributed by atoms with Gasteiger partial charge in [-0.1, -0.05) is 55.8 Å². The van der Waals surface area contributed by atoms with Gasteiger partial charge < -0.3 is 10.6 Å². The van der Waals surface area contributed by atoms with Gasteiger partial charge in [0.15, 0.2) is 0 Å². The van der Waals surface area contributed by atoms with Gasteiger partial charge >= 0.3 is 0 Å². The van der Waals surface area contributed by atoms with Crippen LogP contribution < -0.4 is 5.73 Å². The Morgan fingerprint density at radius 2 is 2.04 bits per heavy atom. The van der Waals surface area contributed by atoms with Crippen molar-refractivity contribution in [3.8, 4) is 0 Å². The molecular formula is C19H29ClN2O. The summed E-state index contributed by atoms with van der Waals surface area (Å²) in [7, 11) is 0. The minimum absolute atomic E-state index is 0. The molecule has 1 aromatic carbocycles. The smallest absolute Gasteiger partial charge is 0.226 e. The van der Waals surface area contributed by atoms with Gasteiger partial charge in [0.2, 0.25) is 5.91 Å². The third-order valence-electron chi connectivity index (χ3n) is 4.30. The fourth-order valence-corrected chi connectivity index (χ4v) is 3.15. The molecule has 2 atom stereocenters. The molecule has 1 aromatic rings. The first-order valence-electron chi connectivity index (χ1n) is 8.46. The largest absolute Gasteiger partial charge is 0.339 e. The highest BCUT2D eigenvalue weighted by molar-refractivity contribution is 5.85. The van der Waals surface area contributed by atoms with E-state index in [1.54, 1.807) is 0 Å². The van der Waals surface area contributed by atoms with Crippen LogP contribution in [0.5, 0.6) is 0 Å². The molecule has 4 heteroatoms. The van der Waals surface area contributed by atoms with E-state index in [4.69, 9.17) is 5.73 Å². The predicted octanol–water partition coefficient (Wildman–Crippen LogP) is 3.88. The zero-order valence-corrected chi connectivity index (χ0v) is 14.8. The summed E-state index contributed by atoms with van der Waals surface area (Å²) in [5.74, 6) is 0.412. The van der Waals surface area contributed by atoms with Gasteiger partial charge in [-0.2, -0.15) is 0 Å². The maximum atomic E-state index is 12.7. The van der Waals surface area contributed by atoms with E-state index >= 15 is 0 Å². The first-order chi connectivity index (χ1) is 10.7. The number of rotatable bonds is 6. The van der Waals surface area contributed by atoms with Crippen LogP contribution in [0.1, 0.15) is 44.6 Å². The number of carbonyl (C=O) groups excluding carboxylic acids is 1. The predicted molar refractivity (Wildman–Crippen MR) is 99.5 cm³/mol. The van der Waals surface area contributed by atoms with Crippen molar-refractivity contribution in [3.05, 3.63) is 42.0 Å². The monoisotopic (exact) mass is 336 g/mol. The Hall–Kier alpha value is -1.32. The minimum atomic E-state index is 0. The van der Waals surface area contributed by atoms with E-state index in [0.29, 0.717) is 6.54 Å². The van der Waals surface area contributed by atoms with Crippen molar-refractivity contribution >= 4 is 24.4 Å². The number of benzene rings is 1. The molecule has 1 saturated carbocycles. The van der Waals surface area contributed by atoms with Crippen molar-refractivity contribution < 1.29 is 4.79 Å². The SMILES string of the molecule is CCCN(CC=Cc1ccccc1)C(=O)[C@@H]1CCC[C@H](N)C1.Cl. The highest BCUT2D eigenvalue weighted by Crippen LogP contribution is 2.25. The van der Waals surface area contributed by atoms with Crippen LogP contribution in [0.25, 0.3) is 6.08 Å². The van der Waals surface area contributed by atoms with Crippen LogP contribution >= 0.6 is 12.4 Å². The van der Waals surface area contributed by atoms with Crippen LogP contribution in [0.2, 0.25) is 0 Å². The Morgan fingerprint density at radius 3 is 2.70 bits per heavy atom. The lowest BCUT2D eigenvalue weighted by Gasteiger charge is -2.30. The molecule has 1 aliphatic rings. The number of hydrogen-bond donors (Lipinski definition) is 1. The summed E-state index contributed by atoms with van der Waals surface area (Å²) in [5, 5.41) is 0. The Morgan fingerprint density at radius 1 is 1.30 bits per heavy atom. The van der Waals surface area contributed by atoms with Crippen LogP contribution in [-0.2, 0) is 4.79 Å². The second kappa shape index (κ2) is 10.5. The van der Waals surface area contributed by atoms with E-state index in [-0.39, 0.29) is 30.3 Å². The van der Waals surface area contributed by atoms with E-state index in [1.807, 2.05) is 23.1 Å². The average Bonchev–Trinajstić information content (AvgIpc) is 2.54. The van der Waals surface area contributed by atoms with Crippen molar-refractivity contribution in [1.29, 1.82) is 0 Å². The van der Waals surface area contributed by atoms with Crippen molar-refractivity contribution in [2.24, 2.45) is 11.7 Å². The average molecular weight is 337 g/mol. The summed E-state index contributed by atoms with van der Waals surface area (Å²) in [5.41, 5.74) is 7.20. The van der Waals surface area contributed by atoms with Crippen LogP contribution in [0.4, 0.5) is 0 Å². The Kier molecular flexibility index (Phi) is 8.97. The van der Waals surface area contributed by atoms with Crippen molar-refractivity contribution in [2.45, 2.75) is 45.1 Å². The molecule has 0 spiro atoms. The molecule has 2 rings (SSSR count). The molecule has 1 aliphatic carbocycles. The van der Waals surface area contributed by atoms with Gasteiger partial charge in [0.05, 0.1) is 0 Å². The van der Waals surface area contributed by atoms with E-state index in [9.17, 15) is 4.79 Å². The van der Waals surface area contributed by atoms with Gasteiger partial charge in [-0.3, -0.25) is 4.79 Å². The molecule has 3 nitrogen and oxygen atoms in total.